The first kappa shape index (κ1) is 14.8. The highest BCUT2D eigenvalue weighted by Crippen LogP contribution is 2.23. The van der Waals surface area contributed by atoms with Gasteiger partial charge in [0.2, 0.25) is 0 Å². The molecule has 5 nitrogen and oxygen atoms in total. The molecule has 0 spiro atoms. The number of carbonyl (C=O) groups excluding carboxylic acids is 1. The molecule has 0 N–H and O–H groups in total. The maximum absolute atomic E-state index is 12.6. The Morgan fingerprint density at radius 1 is 1.12 bits per heavy atom. The van der Waals surface area contributed by atoms with Gasteiger partial charge in [0, 0.05) is 43.7 Å². The van der Waals surface area contributed by atoms with Crippen LogP contribution in [0.4, 0.5) is 0 Å². The number of aromatic nitrogens is 1. The van der Waals surface area contributed by atoms with Gasteiger partial charge in [-0.25, -0.2) is 0 Å². The van der Waals surface area contributed by atoms with Gasteiger partial charge in [-0.05, 0) is 24.3 Å². The van der Waals surface area contributed by atoms with Gasteiger partial charge in [0.05, 0.1) is 0 Å². The number of amides is 1. The van der Waals surface area contributed by atoms with E-state index in [9.17, 15) is 4.79 Å². The van der Waals surface area contributed by atoms with E-state index in [1.54, 1.807) is 12.4 Å². The summed E-state index contributed by atoms with van der Waals surface area (Å²) in [6.07, 6.45) is 5.19. The zero-order chi connectivity index (χ0) is 16.4. The van der Waals surface area contributed by atoms with Crippen molar-refractivity contribution in [2.75, 3.05) is 13.1 Å². The van der Waals surface area contributed by atoms with Gasteiger partial charge in [0.25, 0.3) is 5.91 Å². The third-order valence-electron chi connectivity index (χ3n) is 4.32. The van der Waals surface area contributed by atoms with Crippen LogP contribution in [0.3, 0.4) is 0 Å². The summed E-state index contributed by atoms with van der Waals surface area (Å²) in [5.74, 6) is 1.19. The molecule has 1 aromatic carbocycles. The van der Waals surface area contributed by atoms with Gasteiger partial charge < -0.3 is 14.1 Å². The van der Waals surface area contributed by atoms with Crippen LogP contribution in [0.15, 0.2) is 59.3 Å². The summed E-state index contributed by atoms with van der Waals surface area (Å²) in [5, 5.41) is 0.955. The molecule has 1 aliphatic rings. The monoisotopic (exact) mass is 322 g/mol. The molecular formula is C19H18N2O3. The minimum absolute atomic E-state index is 0.0476. The van der Waals surface area contributed by atoms with Crippen LogP contribution in [0.25, 0.3) is 11.0 Å². The number of hydrogen-bond acceptors (Lipinski definition) is 4. The Balaban J connectivity index is 1.39. The molecule has 3 heterocycles. The standard InChI is InChI=1S/C19H18N2O3/c22-19(18-13-14-3-1-2-4-17(14)24-18)21-11-7-16(8-12-21)23-15-5-9-20-10-6-15/h1-6,9-10,13,16H,7-8,11-12H2. The highest BCUT2D eigenvalue weighted by atomic mass is 16.5. The van der Waals surface area contributed by atoms with Crippen LogP contribution >= 0.6 is 0 Å². The second-order valence-corrected chi connectivity index (χ2v) is 5.94. The summed E-state index contributed by atoms with van der Waals surface area (Å²) in [4.78, 5) is 18.4. The fourth-order valence-electron chi connectivity index (χ4n) is 3.03. The third-order valence-corrected chi connectivity index (χ3v) is 4.32. The number of piperidine rings is 1. The molecule has 5 heteroatoms. The van der Waals surface area contributed by atoms with Crippen molar-refractivity contribution in [2.24, 2.45) is 0 Å². The highest BCUT2D eigenvalue weighted by molar-refractivity contribution is 5.96. The number of para-hydroxylation sites is 1. The van der Waals surface area contributed by atoms with Gasteiger partial charge in [-0.2, -0.15) is 0 Å². The number of carbonyl (C=O) groups is 1. The summed E-state index contributed by atoms with van der Waals surface area (Å²) in [7, 11) is 0. The van der Waals surface area contributed by atoms with Crippen molar-refractivity contribution in [3.63, 3.8) is 0 Å². The predicted octanol–water partition coefficient (Wildman–Crippen LogP) is 3.51. The van der Waals surface area contributed by atoms with Crippen molar-refractivity contribution >= 4 is 16.9 Å². The minimum Gasteiger partial charge on any atom is -0.490 e. The first-order valence-electron chi connectivity index (χ1n) is 8.14. The lowest BCUT2D eigenvalue weighted by atomic mass is 10.1. The summed E-state index contributed by atoms with van der Waals surface area (Å²) >= 11 is 0. The first-order valence-corrected chi connectivity index (χ1v) is 8.14. The quantitative estimate of drug-likeness (QED) is 0.740. The second kappa shape index (κ2) is 6.35. The molecule has 0 saturated carbocycles. The Morgan fingerprint density at radius 2 is 1.88 bits per heavy atom. The number of fused-ring (bicyclic) bond motifs is 1. The Morgan fingerprint density at radius 3 is 2.62 bits per heavy atom. The van der Waals surface area contributed by atoms with Crippen LogP contribution in [0.5, 0.6) is 5.75 Å². The number of likely N-dealkylation sites (tertiary alicyclic amines) is 1. The normalized spacial score (nSPS) is 15.6. The molecule has 24 heavy (non-hydrogen) atoms. The molecule has 1 saturated heterocycles. The lowest BCUT2D eigenvalue weighted by Gasteiger charge is -2.31. The Hall–Kier alpha value is -2.82. The number of nitrogens with zero attached hydrogens (tertiary/aromatic N) is 2. The van der Waals surface area contributed by atoms with Crippen molar-refractivity contribution in [1.29, 1.82) is 0 Å². The van der Waals surface area contributed by atoms with E-state index >= 15 is 0 Å². The maximum Gasteiger partial charge on any atom is 0.289 e. The number of hydrogen-bond donors (Lipinski definition) is 0. The molecule has 0 radical (unpaired) electrons. The first-order chi connectivity index (χ1) is 11.8. The van der Waals surface area contributed by atoms with E-state index in [1.165, 1.54) is 0 Å². The predicted molar refractivity (Wildman–Crippen MR) is 90.0 cm³/mol. The van der Waals surface area contributed by atoms with Crippen LogP contribution < -0.4 is 4.74 Å². The Bertz CT molecular complexity index is 803. The number of ether oxygens (including phenoxy) is 1. The molecule has 1 fully saturated rings. The van der Waals surface area contributed by atoms with Gasteiger partial charge in [-0.1, -0.05) is 18.2 Å². The maximum atomic E-state index is 12.6. The number of rotatable bonds is 3. The average Bonchev–Trinajstić information content (AvgIpc) is 3.07. The van der Waals surface area contributed by atoms with Crippen LogP contribution in [-0.2, 0) is 0 Å². The van der Waals surface area contributed by atoms with E-state index in [4.69, 9.17) is 9.15 Å². The molecule has 0 bridgehead atoms. The fraction of sp³-hybridized carbons (Fsp3) is 0.263. The number of pyridine rings is 1. The van der Waals surface area contributed by atoms with Crippen LogP contribution in [0, 0.1) is 0 Å². The lowest BCUT2D eigenvalue weighted by molar-refractivity contribution is 0.0569. The van der Waals surface area contributed by atoms with Crippen molar-refractivity contribution in [1.82, 2.24) is 9.88 Å². The highest BCUT2D eigenvalue weighted by Gasteiger charge is 2.26. The van der Waals surface area contributed by atoms with E-state index < -0.39 is 0 Å². The number of benzene rings is 1. The summed E-state index contributed by atoms with van der Waals surface area (Å²) in [5.41, 5.74) is 0.747. The molecule has 1 amide bonds. The fourth-order valence-corrected chi connectivity index (χ4v) is 3.03. The van der Waals surface area contributed by atoms with E-state index in [2.05, 4.69) is 4.98 Å². The van der Waals surface area contributed by atoms with E-state index in [1.807, 2.05) is 47.4 Å². The third kappa shape index (κ3) is 2.97. The number of furan rings is 1. The molecule has 3 aromatic rings. The van der Waals surface area contributed by atoms with E-state index in [0.717, 1.165) is 29.6 Å². The summed E-state index contributed by atoms with van der Waals surface area (Å²) in [6, 6.07) is 13.2. The van der Waals surface area contributed by atoms with Gasteiger partial charge in [0.15, 0.2) is 5.76 Å². The van der Waals surface area contributed by atoms with Crippen molar-refractivity contribution in [3.05, 3.63) is 60.6 Å². The molecular weight excluding hydrogens is 304 g/mol. The van der Waals surface area contributed by atoms with Crippen molar-refractivity contribution < 1.29 is 13.9 Å². The topological polar surface area (TPSA) is 55.6 Å². The largest absolute Gasteiger partial charge is 0.490 e. The van der Waals surface area contributed by atoms with E-state index in [0.29, 0.717) is 18.8 Å². The molecule has 0 unspecified atom stereocenters. The van der Waals surface area contributed by atoms with Crippen LogP contribution in [-0.4, -0.2) is 35.0 Å². The molecule has 2 aromatic heterocycles. The van der Waals surface area contributed by atoms with E-state index in [-0.39, 0.29) is 12.0 Å². The molecule has 0 aliphatic carbocycles. The van der Waals surface area contributed by atoms with Gasteiger partial charge in [-0.3, -0.25) is 9.78 Å². The lowest BCUT2D eigenvalue weighted by Crippen LogP contribution is -2.41. The van der Waals surface area contributed by atoms with Crippen molar-refractivity contribution in [2.45, 2.75) is 18.9 Å². The SMILES string of the molecule is O=C(c1cc2ccccc2o1)N1CCC(Oc2ccncc2)CC1. The summed E-state index contributed by atoms with van der Waals surface area (Å²) in [6.45, 7) is 1.34. The zero-order valence-corrected chi connectivity index (χ0v) is 13.2. The molecule has 1 aliphatic heterocycles. The minimum atomic E-state index is -0.0476. The molecule has 0 atom stereocenters. The summed E-state index contributed by atoms with van der Waals surface area (Å²) < 4.78 is 11.6. The van der Waals surface area contributed by atoms with Gasteiger partial charge in [-0.15, -0.1) is 0 Å². The Kier molecular flexibility index (Phi) is 3.91. The van der Waals surface area contributed by atoms with Gasteiger partial charge >= 0.3 is 0 Å². The Labute approximate surface area is 139 Å². The zero-order valence-electron chi connectivity index (χ0n) is 13.2. The van der Waals surface area contributed by atoms with Crippen LogP contribution in [0.2, 0.25) is 0 Å². The van der Waals surface area contributed by atoms with Crippen LogP contribution in [0.1, 0.15) is 23.4 Å². The van der Waals surface area contributed by atoms with Gasteiger partial charge in [0.1, 0.15) is 17.4 Å². The molecule has 122 valence electrons. The smallest absolute Gasteiger partial charge is 0.289 e. The van der Waals surface area contributed by atoms with Crippen molar-refractivity contribution in [3.8, 4) is 5.75 Å². The average molecular weight is 322 g/mol. The second-order valence-electron chi connectivity index (χ2n) is 5.94. The molecule has 4 rings (SSSR count).